The molecule has 0 saturated carbocycles. The van der Waals surface area contributed by atoms with Crippen LogP contribution >= 0.6 is 0 Å². The first-order chi connectivity index (χ1) is 11.1. The molecule has 2 atom stereocenters. The quantitative estimate of drug-likeness (QED) is 0.934. The summed E-state index contributed by atoms with van der Waals surface area (Å²) in [5, 5.41) is 9.51. The Morgan fingerprint density at radius 1 is 1.13 bits per heavy atom. The molecule has 23 heavy (non-hydrogen) atoms. The van der Waals surface area contributed by atoms with Crippen LogP contribution in [0, 0.1) is 12.7 Å². The predicted molar refractivity (Wildman–Crippen MR) is 86.8 cm³/mol. The van der Waals surface area contributed by atoms with Crippen LogP contribution < -0.4 is 0 Å². The predicted octanol–water partition coefficient (Wildman–Crippen LogP) is 3.77. The normalized spacial score (nSPS) is 19.7. The Bertz CT molecular complexity index is 636. The highest BCUT2D eigenvalue weighted by molar-refractivity contribution is 5.74. The number of carbonyl (C=O) groups is 1. The van der Waals surface area contributed by atoms with Crippen molar-refractivity contribution in [3.05, 3.63) is 71.0 Å². The summed E-state index contributed by atoms with van der Waals surface area (Å²) in [6, 6.07) is 13.8. The highest BCUT2D eigenvalue weighted by Gasteiger charge is 2.36. The molecule has 0 amide bonds. The van der Waals surface area contributed by atoms with Gasteiger partial charge in [0.15, 0.2) is 0 Å². The summed E-state index contributed by atoms with van der Waals surface area (Å²) in [6.45, 7) is 2.75. The SMILES string of the molecule is Cc1ccc(C(c2ccc(F)cc2)N2CCCC2C(=O)O)cc1. The van der Waals surface area contributed by atoms with Crippen LogP contribution in [-0.4, -0.2) is 28.6 Å². The van der Waals surface area contributed by atoms with E-state index >= 15 is 0 Å². The monoisotopic (exact) mass is 313 g/mol. The van der Waals surface area contributed by atoms with Crippen molar-refractivity contribution in [2.75, 3.05) is 6.54 Å². The third-order valence-corrected chi connectivity index (χ3v) is 4.49. The molecule has 1 fully saturated rings. The van der Waals surface area contributed by atoms with Crippen molar-refractivity contribution in [3.8, 4) is 0 Å². The van der Waals surface area contributed by atoms with Gasteiger partial charge in [-0.05, 0) is 43.0 Å². The van der Waals surface area contributed by atoms with Crippen molar-refractivity contribution in [2.45, 2.75) is 31.8 Å². The average Bonchev–Trinajstić information content (AvgIpc) is 3.01. The van der Waals surface area contributed by atoms with Gasteiger partial charge in [0.25, 0.3) is 0 Å². The standard InChI is InChI=1S/C19H20FNO2/c1-13-4-6-14(7-5-13)18(15-8-10-16(20)11-9-15)21-12-2-3-17(21)19(22)23/h4-11,17-18H,2-3,12H2,1H3,(H,22,23). The van der Waals surface area contributed by atoms with E-state index < -0.39 is 12.0 Å². The highest BCUT2D eigenvalue weighted by atomic mass is 19.1. The number of carboxylic acid groups (broad SMARTS) is 1. The fourth-order valence-electron chi connectivity index (χ4n) is 3.33. The van der Waals surface area contributed by atoms with E-state index in [4.69, 9.17) is 0 Å². The van der Waals surface area contributed by atoms with Gasteiger partial charge >= 0.3 is 5.97 Å². The molecule has 0 aliphatic carbocycles. The number of likely N-dealkylation sites (tertiary alicyclic amines) is 1. The fourth-order valence-corrected chi connectivity index (χ4v) is 3.33. The number of nitrogens with zero attached hydrogens (tertiary/aromatic N) is 1. The zero-order valence-electron chi connectivity index (χ0n) is 13.1. The molecule has 3 nitrogen and oxygen atoms in total. The molecular weight excluding hydrogens is 293 g/mol. The second-order valence-corrected chi connectivity index (χ2v) is 6.10. The molecule has 2 aromatic rings. The van der Waals surface area contributed by atoms with E-state index in [0.717, 1.165) is 29.7 Å². The first kappa shape index (κ1) is 15.7. The molecular formula is C19H20FNO2. The topological polar surface area (TPSA) is 40.5 Å². The summed E-state index contributed by atoms with van der Waals surface area (Å²) in [6.07, 6.45) is 1.51. The number of benzene rings is 2. The lowest BCUT2D eigenvalue weighted by Crippen LogP contribution is -2.39. The molecule has 0 bridgehead atoms. The van der Waals surface area contributed by atoms with Crippen LogP contribution in [0.15, 0.2) is 48.5 Å². The first-order valence-corrected chi connectivity index (χ1v) is 7.87. The summed E-state index contributed by atoms with van der Waals surface area (Å²) in [5.41, 5.74) is 3.11. The van der Waals surface area contributed by atoms with Gasteiger partial charge in [-0.1, -0.05) is 42.0 Å². The van der Waals surface area contributed by atoms with Gasteiger partial charge in [-0.3, -0.25) is 9.69 Å². The minimum Gasteiger partial charge on any atom is -0.480 e. The average molecular weight is 313 g/mol. The van der Waals surface area contributed by atoms with Crippen molar-refractivity contribution in [1.29, 1.82) is 0 Å². The Morgan fingerprint density at radius 3 is 2.26 bits per heavy atom. The zero-order chi connectivity index (χ0) is 16.4. The molecule has 1 aliphatic heterocycles. The maximum Gasteiger partial charge on any atom is 0.320 e. The lowest BCUT2D eigenvalue weighted by atomic mass is 9.95. The number of aliphatic carboxylic acids is 1. The molecule has 1 N–H and O–H groups in total. The molecule has 2 aromatic carbocycles. The Morgan fingerprint density at radius 2 is 1.70 bits per heavy atom. The van der Waals surface area contributed by atoms with Crippen LogP contribution in [0.3, 0.4) is 0 Å². The summed E-state index contributed by atoms with van der Waals surface area (Å²) in [7, 11) is 0. The van der Waals surface area contributed by atoms with Gasteiger partial charge in [-0.25, -0.2) is 4.39 Å². The van der Waals surface area contributed by atoms with E-state index in [0.29, 0.717) is 6.42 Å². The molecule has 2 unspecified atom stereocenters. The fraction of sp³-hybridized carbons (Fsp3) is 0.316. The zero-order valence-corrected chi connectivity index (χ0v) is 13.1. The Hall–Kier alpha value is -2.20. The summed E-state index contributed by atoms with van der Waals surface area (Å²) in [5.74, 6) is -1.07. The van der Waals surface area contributed by atoms with Gasteiger partial charge in [0.1, 0.15) is 11.9 Å². The van der Waals surface area contributed by atoms with Crippen molar-refractivity contribution in [1.82, 2.24) is 4.90 Å². The van der Waals surface area contributed by atoms with E-state index in [1.54, 1.807) is 12.1 Å². The number of hydrogen-bond donors (Lipinski definition) is 1. The van der Waals surface area contributed by atoms with Crippen LogP contribution in [0.5, 0.6) is 0 Å². The van der Waals surface area contributed by atoms with Crippen LogP contribution in [0.1, 0.15) is 35.6 Å². The second-order valence-electron chi connectivity index (χ2n) is 6.10. The molecule has 1 heterocycles. The lowest BCUT2D eigenvalue weighted by Gasteiger charge is -2.32. The maximum absolute atomic E-state index is 13.3. The summed E-state index contributed by atoms with van der Waals surface area (Å²) in [4.78, 5) is 13.6. The Kier molecular flexibility index (Phi) is 4.44. The number of carboxylic acids is 1. The van der Waals surface area contributed by atoms with Crippen molar-refractivity contribution in [2.24, 2.45) is 0 Å². The second kappa shape index (κ2) is 6.50. The van der Waals surface area contributed by atoms with E-state index in [-0.39, 0.29) is 11.9 Å². The van der Waals surface area contributed by atoms with Crippen LogP contribution in [0.4, 0.5) is 4.39 Å². The van der Waals surface area contributed by atoms with Crippen LogP contribution in [0.2, 0.25) is 0 Å². The minimum atomic E-state index is -0.790. The smallest absolute Gasteiger partial charge is 0.320 e. The van der Waals surface area contributed by atoms with Crippen molar-refractivity contribution < 1.29 is 14.3 Å². The Labute approximate surface area is 135 Å². The van der Waals surface area contributed by atoms with Gasteiger partial charge in [-0.2, -0.15) is 0 Å². The Balaban J connectivity index is 2.04. The molecule has 1 aliphatic rings. The number of rotatable bonds is 4. The molecule has 0 radical (unpaired) electrons. The van der Waals surface area contributed by atoms with E-state index in [1.807, 2.05) is 36.1 Å². The van der Waals surface area contributed by atoms with E-state index in [9.17, 15) is 14.3 Å². The van der Waals surface area contributed by atoms with Crippen LogP contribution in [-0.2, 0) is 4.79 Å². The number of hydrogen-bond acceptors (Lipinski definition) is 2. The minimum absolute atomic E-state index is 0.167. The maximum atomic E-state index is 13.3. The first-order valence-electron chi connectivity index (χ1n) is 7.87. The number of halogens is 1. The third kappa shape index (κ3) is 3.27. The molecule has 0 spiro atoms. The summed E-state index contributed by atoms with van der Waals surface area (Å²) >= 11 is 0. The highest BCUT2D eigenvalue weighted by Crippen LogP contribution is 2.35. The van der Waals surface area contributed by atoms with E-state index in [2.05, 4.69) is 0 Å². The van der Waals surface area contributed by atoms with Gasteiger partial charge in [0, 0.05) is 6.54 Å². The largest absolute Gasteiger partial charge is 0.480 e. The van der Waals surface area contributed by atoms with Crippen LogP contribution in [0.25, 0.3) is 0 Å². The lowest BCUT2D eigenvalue weighted by molar-refractivity contribution is -0.142. The molecule has 1 saturated heterocycles. The molecule has 3 rings (SSSR count). The van der Waals surface area contributed by atoms with Crippen molar-refractivity contribution in [3.63, 3.8) is 0 Å². The van der Waals surface area contributed by atoms with Crippen molar-refractivity contribution >= 4 is 5.97 Å². The van der Waals surface area contributed by atoms with E-state index in [1.165, 1.54) is 12.1 Å². The summed E-state index contributed by atoms with van der Waals surface area (Å²) < 4.78 is 13.3. The molecule has 0 aromatic heterocycles. The molecule has 120 valence electrons. The van der Waals surface area contributed by atoms with Gasteiger partial charge in [0.2, 0.25) is 0 Å². The van der Waals surface area contributed by atoms with Gasteiger partial charge in [-0.15, -0.1) is 0 Å². The number of aryl methyl sites for hydroxylation is 1. The molecule has 4 heteroatoms. The van der Waals surface area contributed by atoms with Gasteiger partial charge < -0.3 is 5.11 Å². The third-order valence-electron chi connectivity index (χ3n) is 4.49. The van der Waals surface area contributed by atoms with Gasteiger partial charge in [0.05, 0.1) is 6.04 Å².